The molecule has 0 amide bonds. The third-order valence-electron chi connectivity index (χ3n) is 4.87. The number of morpholine rings is 2. The van der Waals surface area contributed by atoms with Crippen molar-refractivity contribution in [1.29, 1.82) is 0 Å². The van der Waals surface area contributed by atoms with Crippen LogP contribution in [0.5, 0.6) is 0 Å². The smallest absolute Gasteiger partial charge is 0.337 e. The molecule has 0 aromatic carbocycles. The number of carbonyl (C=O) groups is 1. The van der Waals surface area contributed by atoms with E-state index in [9.17, 15) is 10.2 Å². The summed E-state index contributed by atoms with van der Waals surface area (Å²) >= 11 is 6.74. The van der Waals surface area contributed by atoms with Gasteiger partial charge < -0.3 is 35.6 Å². The molecule has 0 spiro atoms. The maximum Gasteiger partial charge on any atom is 0.337 e. The monoisotopic (exact) mass is 508 g/mol. The Bertz CT molecular complexity index is 844. The molecule has 188 valence electrons. The van der Waals surface area contributed by atoms with E-state index in [-0.39, 0.29) is 0 Å². The number of nitrogens with zero attached hydrogens (tertiary/aromatic N) is 1. The van der Waals surface area contributed by atoms with Crippen LogP contribution in [0.3, 0.4) is 0 Å². The van der Waals surface area contributed by atoms with Crippen molar-refractivity contribution in [3.8, 4) is 0 Å². The second kappa shape index (κ2) is 14.5. The van der Waals surface area contributed by atoms with E-state index in [0.717, 1.165) is 57.5 Å². The van der Waals surface area contributed by atoms with Crippen molar-refractivity contribution >= 4 is 40.4 Å². The molecule has 2 fully saturated rings. The molecule has 1 aromatic rings. The number of esters is 1. The van der Waals surface area contributed by atoms with E-state index in [1.54, 1.807) is 6.92 Å². The Morgan fingerprint density at radius 2 is 1.88 bits per heavy atom. The molecule has 2 saturated heterocycles. The predicted octanol–water partition coefficient (Wildman–Crippen LogP) is 1.73. The molecule has 0 saturated carbocycles. The van der Waals surface area contributed by atoms with Crippen molar-refractivity contribution in [2.45, 2.75) is 39.2 Å². The fourth-order valence-electron chi connectivity index (χ4n) is 3.35. The minimum Gasteiger partial charge on any atom is -0.763 e. The van der Waals surface area contributed by atoms with Crippen LogP contribution >= 0.6 is 23.6 Å². The van der Waals surface area contributed by atoms with Crippen molar-refractivity contribution in [2.24, 2.45) is 0 Å². The molecular weight excluding hydrogens is 472 g/mol. The lowest BCUT2D eigenvalue weighted by Crippen LogP contribution is -2.87. The Labute approximate surface area is 211 Å². The van der Waals surface area contributed by atoms with E-state index in [0.29, 0.717) is 21.8 Å². The van der Waals surface area contributed by atoms with Gasteiger partial charge in [-0.2, -0.15) is 0 Å². The standard InChI is InChI=1S/C16H17N2O2S2.2C4H9NO/c1-9-12(15(19)20-16(2,3)4)13(11-6-5-7-22-11)10(8-17)14(21)18-9;2*1-3-6-4-2-5-1/h5-7,13H,1-4H3,(H,18,21);2*5H,1-4H2/q-1;;/p+1. The zero-order chi connectivity index (χ0) is 25.0. The third-order valence-corrected chi connectivity index (χ3v) is 6.13. The molecule has 1 unspecified atom stereocenters. The molecular formula is C24H36N4O4S2. The molecule has 4 heterocycles. The lowest BCUT2D eigenvalue weighted by atomic mass is 9.85. The summed E-state index contributed by atoms with van der Waals surface area (Å²) in [4.78, 5) is 13.9. The summed E-state index contributed by atoms with van der Waals surface area (Å²) in [6, 6.07) is 3.79. The average molecular weight is 509 g/mol. The summed E-state index contributed by atoms with van der Waals surface area (Å²) in [5.74, 6) is 1.25. The van der Waals surface area contributed by atoms with Crippen LogP contribution in [0, 0.1) is 0 Å². The van der Waals surface area contributed by atoms with Crippen molar-refractivity contribution in [3.63, 3.8) is 0 Å². The molecule has 0 bridgehead atoms. The number of hydrogen-bond acceptors (Lipinski definition) is 7. The van der Waals surface area contributed by atoms with Gasteiger partial charge in [-0.3, -0.25) is 5.87 Å². The number of nitrogens with one attached hydrogen (secondary N) is 2. The molecule has 8 nitrogen and oxygen atoms in total. The highest BCUT2D eigenvalue weighted by Gasteiger charge is 2.36. The van der Waals surface area contributed by atoms with Crippen LogP contribution in [0.1, 0.15) is 38.5 Å². The van der Waals surface area contributed by atoms with Gasteiger partial charge in [0.05, 0.1) is 51.0 Å². The first-order valence-electron chi connectivity index (χ1n) is 11.5. The van der Waals surface area contributed by atoms with Gasteiger partial charge in [0.15, 0.2) is 0 Å². The number of rotatable bonds is 2. The highest BCUT2D eigenvalue weighted by atomic mass is 32.1. The Balaban J connectivity index is 0.000000274. The Kier molecular flexibility index (Phi) is 12.1. The molecule has 10 heteroatoms. The van der Waals surface area contributed by atoms with Crippen LogP contribution in [0.2, 0.25) is 0 Å². The molecule has 4 N–H and O–H groups in total. The van der Waals surface area contributed by atoms with E-state index in [1.807, 2.05) is 38.3 Å². The fourth-order valence-corrected chi connectivity index (χ4v) is 4.51. The first-order valence-corrected chi connectivity index (χ1v) is 12.8. The van der Waals surface area contributed by atoms with Crippen molar-refractivity contribution in [2.75, 3.05) is 52.6 Å². The average Bonchev–Trinajstić information content (AvgIpc) is 3.35. The van der Waals surface area contributed by atoms with Gasteiger partial charge in [0, 0.05) is 29.2 Å². The lowest BCUT2D eigenvalue weighted by molar-refractivity contribution is -0.670. The summed E-state index contributed by atoms with van der Waals surface area (Å²) in [5.41, 5.74) is 0.859. The van der Waals surface area contributed by atoms with Crippen LogP contribution in [0.4, 0.5) is 0 Å². The zero-order valence-electron chi connectivity index (χ0n) is 20.4. The Morgan fingerprint density at radius 1 is 1.24 bits per heavy atom. The van der Waals surface area contributed by atoms with E-state index in [2.05, 4.69) is 21.8 Å². The number of carbonyl (C=O) groups excluding carboxylic acids is 1. The van der Waals surface area contributed by atoms with Gasteiger partial charge in [-0.25, -0.2) is 4.79 Å². The van der Waals surface area contributed by atoms with Crippen molar-refractivity contribution in [1.82, 2.24) is 10.6 Å². The van der Waals surface area contributed by atoms with Crippen LogP contribution in [0.25, 0.3) is 5.41 Å². The number of thiocarbonyl (C=S) groups is 1. The highest BCUT2D eigenvalue weighted by Crippen LogP contribution is 2.39. The highest BCUT2D eigenvalue weighted by molar-refractivity contribution is 7.80. The van der Waals surface area contributed by atoms with Crippen LogP contribution in [-0.2, 0) is 19.0 Å². The van der Waals surface area contributed by atoms with Crippen LogP contribution in [0.15, 0.2) is 34.4 Å². The van der Waals surface area contributed by atoms with Gasteiger partial charge in [-0.15, -0.1) is 11.3 Å². The number of allylic oxidation sites excluding steroid dienone is 1. The number of hydrogen-bond donors (Lipinski definition) is 3. The quantitative estimate of drug-likeness (QED) is 0.242. The number of thiophene rings is 1. The maximum absolute atomic E-state index is 12.6. The van der Waals surface area contributed by atoms with E-state index < -0.39 is 17.5 Å². The summed E-state index contributed by atoms with van der Waals surface area (Å²) in [6.07, 6.45) is 0. The number of ether oxygens (including phenoxy) is 3. The zero-order valence-corrected chi connectivity index (χ0v) is 22.1. The first-order chi connectivity index (χ1) is 16.2. The minimum atomic E-state index is -0.602. The van der Waals surface area contributed by atoms with Crippen LogP contribution < -0.4 is 16.0 Å². The Morgan fingerprint density at radius 3 is 2.26 bits per heavy atom. The molecule has 0 aliphatic carbocycles. The normalized spacial score (nSPS) is 20.6. The predicted molar refractivity (Wildman–Crippen MR) is 139 cm³/mol. The minimum absolute atomic E-state index is 0.366. The number of nitrogens with two attached hydrogens (primary N) is 1. The SMILES string of the molecule is C1COCCN1.C1COCC[NH2+]1.CC1=C(C(=O)OC(C)(C)C)C(c2cccs2)C(=C=[N-])C(=S)N1. The summed E-state index contributed by atoms with van der Waals surface area (Å²) in [6.45, 7) is 15.3. The van der Waals surface area contributed by atoms with E-state index in [1.165, 1.54) is 11.3 Å². The molecule has 1 aromatic heterocycles. The summed E-state index contributed by atoms with van der Waals surface area (Å²) in [5, 5.41) is 19.7. The van der Waals surface area contributed by atoms with Gasteiger partial charge in [0.25, 0.3) is 0 Å². The largest absolute Gasteiger partial charge is 0.763 e. The molecule has 0 radical (unpaired) electrons. The topological polar surface area (TPSA) is 108 Å². The molecule has 34 heavy (non-hydrogen) atoms. The first kappa shape index (κ1) is 28.3. The van der Waals surface area contributed by atoms with E-state index in [4.69, 9.17) is 26.4 Å². The van der Waals surface area contributed by atoms with Crippen molar-refractivity contribution < 1.29 is 24.3 Å². The summed E-state index contributed by atoms with van der Waals surface area (Å²) in [7, 11) is 0. The van der Waals surface area contributed by atoms with Gasteiger partial charge in [0.2, 0.25) is 0 Å². The molecule has 3 aliphatic rings. The molecule has 3 aliphatic heterocycles. The maximum atomic E-state index is 12.6. The van der Waals surface area contributed by atoms with Gasteiger partial charge in [-0.1, -0.05) is 18.3 Å². The van der Waals surface area contributed by atoms with Gasteiger partial charge in [0.1, 0.15) is 10.6 Å². The summed E-state index contributed by atoms with van der Waals surface area (Å²) < 4.78 is 15.6. The molecule has 4 rings (SSSR count). The van der Waals surface area contributed by atoms with E-state index >= 15 is 0 Å². The van der Waals surface area contributed by atoms with Gasteiger partial charge >= 0.3 is 5.97 Å². The second-order valence-corrected chi connectivity index (χ2v) is 10.2. The third kappa shape index (κ3) is 9.38. The second-order valence-electron chi connectivity index (χ2n) is 8.81. The van der Waals surface area contributed by atoms with Crippen molar-refractivity contribution in [3.05, 3.63) is 44.6 Å². The number of quaternary nitrogens is 1. The lowest BCUT2D eigenvalue weighted by Gasteiger charge is -2.31. The fraction of sp³-hybridized carbons (Fsp3) is 0.583. The van der Waals surface area contributed by atoms with Crippen LogP contribution in [-0.4, -0.2) is 75.0 Å². The molecule has 1 atom stereocenters. The van der Waals surface area contributed by atoms with Gasteiger partial charge in [-0.05, 0) is 39.1 Å². The Hall–Kier alpha value is -1.91.